The van der Waals surface area contributed by atoms with Crippen molar-refractivity contribution in [3.05, 3.63) is 0 Å². The SMILES string of the molecule is CC(C)(CO)CCCNC1CCSCC1. The number of hydrogen-bond donors (Lipinski definition) is 2. The van der Waals surface area contributed by atoms with Crippen LogP contribution in [0.4, 0.5) is 0 Å². The predicted molar refractivity (Wildman–Crippen MR) is 68.5 cm³/mol. The molecule has 0 aromatic carbocycles. The summed E-state index contributed by atoms with van der Waals surface area (Å²) in [5.74, 6) is 2.64. The van der Waals surface area contributed by atoms with Gasteiger partial charge >= 0.3 is 0 Å². The van der Waals surface area contributed by atoms with Gasteiger partial charge in [-0.2, -0.15) is 11.8 Å². The zero-order valence-electron chi connectivity index (χ0n) is 10.1. The van der Waals surface area contributed by atoms with Crippen molar-refractivity contribution in [1.82, 2.24) is 5.32 Å². The summed E-state index contributed by atoms with van der Waals surface area (Å²) in [6.07, 6.45) is 4.94. The molecule has 0 unspecified atom stereocenters. The van der Waals surface area contributed by atoms with E-state index in [1.54, 1.807) is 0 Å². The molecule has 2 nitrogen and oxygen atoms in total. The molecule has 1 heterocycles. The van der Waals surface area contributed by atoms with Gasteiger partial charge in [0.15, 0.2) is 0 Å². The fraction of sp³-hybridized carbons (Fsp3) is 1.00. The third kappa shape index (κ3) is 5.79. The Kier molecular flexibility index (Phi) is 6.02. The molecule has 0 aromatic rings. The van der Waals surface area contributed by atoms with Gasteiger partial charge in [-0.1, -0.05) is 13.8 Å². The molecule has 2 N–H and O–H groups in total. The van der Waals surface area contributed by atoms with Crippen LogP contribution >= 0.6 is 11.8 Å². The summed E-state index contributed by atoms with van der Waals surface area (Å²) in [6, 6.07) is 0.753. The van der Waals surface area contributed by atoms with Crippen LogP contribution in [-0.4, -0.2) is 35.8 Å². The zero-order chi connectivity index (χ0) is 11.1. The monoisotopic (exact) mass is 231 g/mol. The van der Waals surface area contributed by atoms with Crippen LogP contribution in [0.25, 0.3) is 0 Å². The van der Waals surface area contributed by atoms with E-state index in [4.69, 9.17) is 5.11 Å². The molecule has 15 heavy (non-hydrogen) atoms. The lowest BCUT2D eigenvalue weighted by Gasteiger charge is -2.25. The second-order valence-corrected chi connectivity index (χ2v) is 6.49. The first-order valence-electron chi connectivity index (χ1n) is 6.06. The van der Waals surface area contributed by atoms with Crippen LogP contribution in [-0.2, 0) is 0 Å². The summed E-state index contributed by atoms with van der Waals surface area (Å²) < 4.78 is 0. The molecule has 0 radical (unpaired) electrons. The maximum absolute atomic E-state index is 9.12. The lowest BCUT2D eigenvalue weighted by molar-refractivity contribution is 0.147. The lowest BCUT2D eigenvalue weighted by atomic mass is 9.89. The maximum atomic E-state index is 9.12. The average molecular weight is 231 g/mol. The van der Waals surface area contributed by atoms with Gasteiger partial charge in [0.2, 0.25) is 0 Å². The van der Waals surface area contributed by atoms with E-state index < -0.39 is 0 Å². The van der Waals surface area contributed by atoms with Gasteiger partial charge in [0.1, 0.15) is 0 Å². The van der Waals surface area contributed by atoms with Crippen LogP contribution < -0.4 is 5.32 Å². The topological polar surface area (TPSA) is 32.3 Å². The van der Waals surface area contributed by atoms with Crippen LogP contribution in [0.3, 0.4) is 0 Å². The molecule has 1 saturated heterocycles. The number of aliphatic hydroxyl groups excluding tert-OH is 1. The first kappa shape index (κ1) is 13.3. The van der Waals surface area contributed by atoms with Crippen molar-refractivity contribution in [2.75, 3.05) is 24.7 Å². The fourth-order valence-electron chi connectivity index (χ4n) is 1.85. The molecule has 0 saturated carbocycles. The molecule has 1 aliphatic rings. The van der Waals surface area contributed by atoms with Gasteiger partial charge in [0.25, 0.3) is 0 Å². The Balaban J connectivity index is 2.00. The molecule has 0 atom stereocenters. The van der Waals surface area contributed by atoms with Gasteiger partial charge in [-0.25, -0.2) is 0 Å². The summed E-state index contributed by atoms with van der Waals surface area (Å²) in [5.41, 5.74) is 0.101. The molecule has 0 amide bonds. The van der Waals surface area contributed by atoms with Crippen molar-refractivity contribution >= 4 is 11.8 Å². The molecule has 1 rings (SSSR count). The third-order valence-electron chi connectivity index (χ3n) is 3.11. The van der Waals surface area contributed by atoms with Gasteiger partial charge in [0.05, 0.1) is 0 Å². The van der Waals surface area contributed by atoms with E-state index in [0.29, 0.717) is 6.61 Å². The highest BCUT2D eigenvalue weighted by Crippen LogP contribution is 2.21. The smallest absolute Gasteiger partial charge is 0.0482 e. The number of aliphatic hydroxyl groups is 1. The van der Waals surface area contributed by atoms with Gasteiger partial charge in [-0.05, 0) is 49.1 Å². The van der Waals surface area contributed by atoms with Gasteiger partial charge in [-0.15, -0.1) is 0 Å². The Bertz CT molecular complexity index is 167. The van der Waals surface area contributed by atoms with E-state index in [9.17, 15) is 0 Å². The van der Waals surface area contributed by atoms with Crippen molar-refractivity contribution in [2.24, 2.45) is 5.41 Å². The highest BCUT2D eigenvalue weighted by atomic mass is 32.2. The average Bonchev–Trinajstić information content (AvgIpc) is 2.26. The van der Waals surface area contributed by atoms with Crippen LogP contribution in [0, 0.1) is 5.41 Å². The first-order valence-corrected chi connectivity index (χ1v) is 7.21. The second-order valence-electron chi connectivity index (χ2n) is 5.27. The summed E-state index contributed by atoms with van der Waals surface area (Å²) in [4.78, 5) is 0. The number of rotatable bonds is 6. The largest absolute Gasteiger partial charge is 0.396 e. The van der Waals surface area contributed by atoms with Crippen molar-refractivity contribution < 1.29 is 5.11 Å². The molecule has 1 fully saturated rings. The van der Waals surface area contributed by atoms with Crippen LogP contribution in [0.1, 0.15) is 39.5 Å². The minimum Gasteiger partial charge on any atom is -0.396 e. The van der Waals surface area contributed by atoms with Crippen molar-refractivity contribution in [1.29, 1.82) is 0 Å². The first-order chi connectivity index (χ1) is 7.14. The summed E-state index contributed by atoms with van der Waals surface area (Å²) in [7, 11) is 0. The van der Waals surface area contributed by atoms with Gasteiger partial charge in [-0.3, -0.25) is 0 Å². The van der Waals surface area contributed by atoms with E-state index >= 15 is 0 Å². The Labute approximate surface area is 98.2 Å². The van der Waals surface area contributed by atoms with E-state index in [-0.39, 0.29) is 5.41 Å². The van der Waals surface area contributed by atoms with Crippen molar-refractivity contribution in [2.45, 2.75) is 45.6 Å². The van der Waals surface area contributed by atoms with E-state index in [0.717, 1.165) is 19.0 Å². The Morgan fingerprint density at radius 1 is 1.33 bits per heavy atom. The minimum atomic E-state index is 0.101. The molecule has 1 aliphatic heterocycles. The molecule has 0 aliphatic carbocycles. The standard InChI is InChI=1S/C12H25NOS/c1-12(2,10-14)6-3-7-13-11-4-8-15-9-5-11/h11,13-14H,3-10H2,1-2H3. The molecule has 0 bridgehead atoms. The highest BCUT2D eigenvalue weighted by Gasteiger charge is 2.16. The Morgan fingerprint density at radius 3 is 2.60 bits per heavy atom. The number of thioether (sulfide) groups is 1. The summed E-state index contributed by atoms with van der Waals surface area (Å²) in [6.45, 7) is 5.67. The van der Waals surface area contributed by atoms with Crippen molar-refractivity contribution in [3.63, 3.8) is 0 Å². The van der Waals surface area contributed by atoms with E-state index in [1.807, 2.05) is 0 Å². The molecule has 0 aromatic heterocycles. The Morgan fingerprint density at radius 2 is 2.00 bits per heavy atom. The van der Waals surface area contributed by atoms with E-state index in [1.165, 1.54) is 30.8 Å². The molecular weight excluding hydrogens is 206 g/mol. The van der Waals surface area contributed by atoms with Crippen LogP contribution in [0.5, 0.6) is 0 Å². The summed E-state index contributed by atoms with van der Waals surface area (Å²) in [5, 5.41) is 12.7. The molecule has 90 valence electrons. The number of hydrogen-bond acceptors (Lipinski definition) is 3. The minimum absolute atomic E-state index is 0.101. The second kappa shape index (κ2) is 6.77. The maximum Gasteiger partial charge on any atom is 0.0482 e. The van der Waals surface area contributed by atoms with Gasteiger partial charge < -0.3 is 10.4 Å². The zero-order valence-corrected chi connectivity index (χ0v) is 10.9. The molecule has 3 heteroatoms. The fourth-order valence-corrected chi connectivity index (χ4v) is 2.96. The quantitative estimate of drug-likeness (QED) is 0.688. The lowest BCUT2D eigenvalue weighted by Crippen LogP contribution is -2.33. The molecular formula is C12H25NOS. The predicted octanol–water partition coefficient (Wildman–Crippen LogP) is 2.27. The summed E-state index contributed by atoms with van der Waals surface area (Å²) >= 11 is 2.07. The van der Waals surface area contributed by atoms with Crippen LogP contribution in [0.15, 0.2) is 0 Å². The van der Waals surface area contributed by atoms with E-state index in [2.05, 4.69) is 30.9 Å². The van der Waals surface area contributed by atoms with Gasteiger partial charge in [0, 0.05) is 12.6 Å². The van der Waals surface area contributed by atoms with Crippen molar-refractivity contribution in [3.8, 4) is 0 Å². The molecule has 0 spiro atoms. The number of nitrogens with one attached hydrogen (secondary N) is 1. The Hall–Kier alpha value is 0.270. The highest BCUT2D eigenvalue weighted by molar-refractivity contribution is 7.99. The third-order valence-corrected chi connectivity index (χ3v) is 4.16. The van der Waals surface area contributed by atoms with Crippen LogP contribution in [0.2, 0.25) is 0 Å². The normalized spacial score (nSPS) is 19.4.